The number of hydrogen-bond acceptors (Lipinski definition) is 5. The van der Waals surface area contributed by atoms with E-state index in [1.165, 1.54) is 36.2 Å². The van der Waals surface area contributed by atoms with Crippen LogP contribution >= 0.6 is 0 Å². The fourth-order valence-corrected chi connectivity index (χ4v) is 3.06. The van der Waals surface area contributed by atoms with Crippen LogP contribution in [0.15, 0.2) is 48.5 Å². The number of likely N-dealkylation sites (N-methyl/N-ethyl adjacent to an activating group) is 1. The molecule has 0 unspecified atom stereocenters. The summed E-state index contributed by atoms with van der Waals surface area (Å²) in [5.41, 5.74) is 1.95. The lowest BCUT2D eigenvalue weighted by Crippen LogP contribution is -2.36. The van der Waals surface area contributed by atoms with Gasteiger partial charge in [0, 0.05) is 37.1 Å². The van der Waals surface area contributed by atoms with Gasteiger partial charge in [0.25, 0.3) is 5.91 Å². The summed E-state index contributed by atoms with van der Waals surface area (Å²) in [5.74, 6) is -0.790. The minimum atomic E-state index is -2.93. The Balaban J connectivity index is 1.51. The molecule has 1 heterocycles. The first kappa shape index (κ1) is 21.5. The Bertz CT molecular complexity index is 854. The number of carbonyl (C=O) groups is 2. The highest BCUT2D eigenvalue weighted by Crippen LogP contribution is 2.19. The first-order chi connectivity index (χ1) is 14.4. The molecule has 0 atom stereocenters. The maximum Gasteiger partial charge on any atom is 0.387 e. The molecule has 1 N–H and O–H groups in total. The lowest BCUT2D eigenvalue weighted by atomic mass is 10.2. The fourth-order valence-electron chi connectivity index (χ4n) is 3.06. The Morgan fingerprint density at radius 1 is 1.10 bits per heavy atom. The van der Waals surface area contributed by atoms with Crippen LogP contribution in [0.4, 0.5) is 20.2 Å². The van der Waals surface area contributed by atoms with Crippen LogP contribution in [0, 0.1) is 0 Å². The van der Waals surface area contributed by atoms with Gasteiger partial charge in [0.1, 0.15) is 5.75 Å². The molecule has 160 valence electrons. The Kier molecular flexibility index (Phi) is 7.18. The number of anilines is 2. The Morgan fingerprint density at radius 2 is 1.73 bits per heavy atom. The van der Waals surface area contributed by atoms with Crippen LogP contribution in [0.3, 0.4) is 0 Å². The summed E-state index contributed by atoms with van der Waals surface area (Å²) in [6.07, 6.45) is 0. The van der Waals surface area contributed by atoms with E-state index < -0.39 is 12.5 Å². The van der Waals surface area contributed by atoms with E-state index in [9.17, 15) is 18.4 Å². The zero-order valence-corrected chi connectivity index (χ0v) is 16.5. The van der Waals surface area contributed by atoms with Gasteiger partial charge in [0.2, 0.25) is 5.91 Å². The normalized spacial score (nSPS) is 13.8. The molecule has 2 aromatic rings. The minimum absolute atomic E-state index is 0.0394. The van der Waals surface area contributed by atoms with E-state index in [2.05, 4.69) is 15.0 Å². The number of amides is 2. The van der Waals surface area contributed by atoms with Crippen molar-refractivity contribution in [2.45, 2.75) is 6.61 Å². The second-order valence-corrected chi connectivity index (χ2v) is 6.76. The van der Waals surface area contributed by atoms with Crippen molar-refractivity contribution in [2.24, 2.45) is 0 Å². The van der Waals surface area contributed by atoms with Crippen molar-refractivity contribution in [3.05, 3.63) is 54.1 Å². The molecule has 30 heavy (non-hydrogen) atoms. The summed E-state index contributed by atoms with van der Waals surface area (Å²) >= 11 is 0. The molecule has 2 amide bonds. The third-order valence-corrected chi connectivity index (χ3v) is 4.58. The van der Waals surface area contributed by atoms with Gasteiger partial charge in [-0.15, -0.1) is 0 Å². The van der Waals surface area contributed by atoms with Gasteiger partial charge in [-0.25, -0.2) is 0 Å². The number of carbonyl (C=O) groups excluding carboxylic acids is 2. The summed E-state index contributed by atoms with van der Waals surface area (Å²) in [4.78, 5) is 28.2. The van der Waals surface area contributed by atoms with Crippen LogP contribution in [-0.4, -0.2) is 63.2 Å². The van der Waals surface area contributed by atoms with E-state index in [0.29, 0.717) is 18.9 Å². The molecule has 2 aromatic carbocycles. The zero-order chi connectivity index (χ0) is 21.5. The molecule has 0 spiro atoms. The SMILES string of the molecule is CN(CC(=O)Nc1ccc(N2CCOCC2)cc1)C(=O)c1ccc(OC(F)F)cc1. The van der Waals surface area contributed by atoms with Crippen molar-refractivity contribution in [1.82, 2.24) is 4.90 Å². The molecule has 3 rings (SSSR count). The zero-order valence-electron chi connectivity index (χ0n) is 16.5. The Labute approximate surface area is 173 Å². The molecule has 1 aliphatic heterocycles. The molecule has 1 fully saturated rings. The predicted octanol–water partition coefficient (Wildman–Crippen LogP) is 2.84. The van der Waals surface area contributed by atoms with Crippen molar-refractivity contribution in [1.29, 1.82) is 0 Å². The van der Waals surface area contributed by atoms with Crippen molar-refractivity contribution in [3.8, 4) is 5.75 Å². The van der Waals surface area contributed by atoms with Gasteiger partial charge in [-0.2, -0.15) is 8.78 Å². The van der Waals surface area contributed by atoms with E-state index >= 15 is 0 Å². The van der Waals surface area contributed by atoms with Crippen molar-refractivity contribution in [3.63, 3.8) is 0 Å². The number of rotatable bonds is 7. The van der Waals surface area contributed by atoms with Gasteiger partial charge < -0.3 is 24.6 Å². The molecule has 0 bridgehead atoms. The highest BCUT2D eigenvalue weighted by atomic mass is 19.3. The van der Waals surface area contributed by atoms with E-state index in [1.807, 2.05) is 24.3 Å². The van der Waals surface area contributed by atoms with Gasteiger partial charge in [0.05, 0.1) is 19.8 Å². The van der Waals surface area contributed by atoms with E-state index in [4.69, 9.17) is 4.74 Å². The molecule has 0 aliphatic carbocycles. The van der Waals surface area contributed by atoms with Crippen LogP contribution in [0.2, 0.25) is 0 Å². The standard InChI is InChI=1S/C21H23F2N3O4/c1-25(20(28)15-2-8-18(9-3-15)30-21(22)23)14-19(27)24-16-4-6-17(7-5-16)26-10-12-29-13-11-26/h2-9,21H,10-14H2,1H3,(H,24,27). The summed E-state index contributed by atoms with van der Waals surface area (Å²) in [5, 5.41) is 2.76. The molecule has 7 nitrogen and oxygen atoms in total. The number of alkyl halides is 2. The highest BCUT2D eigenvalue weighted by molar-refractivity contribution is 5.99. The number of nitrogens with one attached hydrogen (secondary N) is 1. The summed E-state index contributed by atoms with van der Waals surface area (Å²) in [6.45, 7) is -0.0382. The number of benzene rings is 2. The van der Waals surface area contributed by atoms with E-state index in [-0.39, 0.29) is 23.8 Å². The average Bonchev–Trinajstić information content (AvgIpc) is 2.74. The first-order valence-corrected chi connectivity index (χ1v) is 9.45. The molecule has 1 aliphatic rings. The van der Waals surface area contributed by atoms with Crippen molar-refractivity contribution in [2.75, 3.05) is 50.1 Å². The van der Waals surface area contributed by atoms with Gasteiger partial charge >= 0.3 is 6.61 Å². The second kappa shape index (κ2) is 10.0. The fraction of sp³-hybridized carbons (Fsp3) is 0.333. The lowest BCUT2D eigenvalue weighted by molar-refractivity contribution is -0.116. The molecule has 0 saturated carbocycles. The molecule has 0 aromatic heterocycles. The first-order valence-electron chi connectivity index (χ1n) is 9.45. The lowest BCUT2D eigenvalue weighted by Gasteiger charge is -2.28. The van der Waals surface area contributed by atoms with Crippen LogP contribution < -0.4 is 15.0 Å². The topological polar surface area (TPSA) is 71.1 Å². The van der Waals surface area contributed by atoms with Crippen LogP contribution in [0.25, 0.3) is 0 Å². The minimum Gasteiger partial charge on any atom is -0.435 e. The highest BCUT2D eigenvalue weighted by Gasteiger charge is 2.16. The van der Waals surface area contributed by atoms with Crippen LogP contribution in [0.1, 0.15) is 10.4 Å². The molecular weight excluding hydrogens is 396 g/mol. The summed E-state index contributed by atoms with van der Waals surface area (Å²) in [6, 6.07) is 12.8. The third-order valence-electron chi connectivity index (χ3n) is 4.58. The third kappa shape index (κ3) is 5.90. The molecule has 9 heteroatoms. The number of nitrogens with zero attached hydrogens (tertiary/aromatic N) is 2. The second-order valence-electron chi connectivity index (χ2n) is 6.76. The van der Waals surface area contributed by atoms with Crippen molar-refractivity contribution >= 4 is 23.2 Å². The van der Waals surface area contributed by atoms with Crippen molar-refractivity contribution < 1.29 is 27.8 Å². The maximum atomic E-state index is 12.4. The average molecular weight is 419 g/mol. The van der Waals surface area contributed by atoms with Gasteiger partial charge in [0.15, 0.2) is 0 Å². The van der Waals surface area contributed by atoms with E-state index in [0.717, 1.165) is 18.8 Å². The van der Waals surface area contributed by atoms with Gasteiger partial charge in [-0.1, -0.05) is 0 Å². The molecule has 1 saturated heterocycles. The van der Waals surface area contributed by atoms with Crippen LogP contribution in [0.5, 0.6) is 5.75 Å². The van der Waals surface area contributed by atoms with Crippen LogP contribution in [-0.2, 0) is 9.53 Å². The number of halogens is 2. The Morgan fingerprint density at radius 3 is 2.33 bits per heavy atom. The maximum absolute atomic E-state index is 12.4. The quantitative estimate of drug-likeness (QED) is 0.747. The van der Waals surface area contributed by atoms with Gasteiger partial charge in [-0.05, 0) is 48.5 Å². The number of morpholine rings is 1. The number of hydrogen-bond donors (Lipinski definition) is 1. The monoisotopic (exact) mass is 419 g/mol. The summed E-state index contributed by atoms with van der Waals surface area (Å²) < 4.78 is 34.0. The smallest absolute Gasteiger partial charge is 0.387 e. The molecular formula is C21H23F2N3O4. The largest absolute Gasteiger partial charge is 0.435 e. The Hall–Kier alpha value is -3.20. The number of ether oxygens (including phenoxy) is 2. The summed E-state index contributed by atoms with van der Waals surface area (Å²) in [7, 11) is 1.49. The van der Waals surface area contributed by atoms with E-state index in [1.54, 1.807) is 0 Å². The van der Waals surface area contributed by atoms with Gasteiger partial charge in [-0.3, -0.25) is 9.59 Å². The predicted molar refractivity (Wildman–Crippen MR) is 108 cm³/mol. The molecule has 0 radical (unpaired) electrons.